The first kappa shape index (κ1) is 21.1. The van der Waals surface area contributed by atoms with Gasteiger partial charge in [-0.15, -0.1) is 11.3 Å². The van der Waals surface area contributed by atoms with Crippen LogP contribution in [0.25, 0.3) is 11.3 Å². The van der Waals surface area contributed by atoms with E-state index in [0.717, 1.165) is 20.7 Å². The van der Waals surface area contributed by atoms with Gasteiger partial charge in [-0.2, -0.15) is 0 Å². The molecule has 0 unspecified atom stereocenters. The molecule has 0 N–H and O–H groups in total. The molecule has 0 atom stereocenters. The highest BCUT2D eigenvalue weighted by atomic mass is 79.9. The highest BCUT2D eigenvalue weighted by molar-refractivity contribution is 9.10. The van der Waals surface area contributed by atoms with Crippen LogP contribution in [0, 0.1) is 0 Å². The molecule has 30 heavy (non-hydrogen) atoms. The van der Waals surface area contributed by atoms with E-state index in [0.29, 0.717) is 26.9 Å². The summed E-state index contributed by atoms with van der Waals surface area (Å²) < 4.78 is 6.86. The largest absolute Gasteiger partial charge is 0.486 e. The predicted octanol–water partition coefficient (Wildman–Crippen LogP) is 7.69. The maximum absolute atomic E-state index is 13.0. The van der Waals surface area contributed by atoms with Gasteiger partial charge in [0.15, 0.2) is 5.78 Å². The summed E-state index contributed by atoms with van der Waals surface area (Å²) in [6.07, 6.45) is 0. The Bertz CT molecular complexity index is 1190. The summed E-state index contributed by atoms with van der Waals surface area (Å²) in [6.45, 7) is 0.251. The van der Waals surface area contributed by atoms with E-state index in [1.54, 1.807) is 30.3 Å². The van der Waals surface area contributed by atoms with Crippen LogP contribution in [-0.4, -0.2) is 10.8 Å². The Kier molecular flexibility index (Phi) is 6.54. The second-order valence-electron chi connectivity index (χ2n) is 6.40. The van der Waals surface area contributed by atoms with Gasteiger partial charge in [-0.05, 0) is 54.6 Å². The van der Waals surface area contributed by atoms with Crippen molar-refractivity contribution >= 4 is 56.3 Å². The summed E-state index contributed by atoms with van der Waals surface area (Å²) in [6, 6.07) is 19.7. The third kappa shape index (κ3) is 4.93. The van der Waals surface area contributed by atoms with Crippen molar-refractivity contribution in [2.24, 2.45) is 0 Å². The standard InChI is InChI=1S/C23H14BrCl2NO2S/c24-16-5-1-15(2-6-16)23(28)19-11-18(26)9-10-21(19)29-12-22-27-20(13-30-22)14-3-7-17(25)8-4-14/h1-11,13H,12H2. The van der Waals surface area contributed by atoms with E-state index in [4.69, 9.17) is 27.9 Å². The van der Waals surface area contributed by atoms with Gasteiger partial charge in [0, 0.05) is 31.0 Å². The Morgan fingerprint density at radius 2 is 1.67 bits per heavy atom. The fraction of sp³-hybridized carbons (Fsp3) is 0.0435. The number of carbonyl (C=O) groups is 1. The maximum atomic E-state index is 13.0. The molecule has 1 heterocycles. The van der Waals surface area contributed by atoms with Crippen LogP contribution in [0.1, 0.15) is 20.9 Å². The van der Waals surface area contributed by atoms with Crippen LogP contribution in [-0.2, 0) is 6.61 Å². The first-order chi connectivity index (χ1) is 14.5. The number of hydrogen-bond donors (Lipinski definition) is 0. The molecule has 0 aliphatic carbocycles. The summed E-state index contributed by atoms with van der Waals surface area (Å²) in [4.78, 5) is 17.6. The van der Waals surface area contributed by atoms with E-state index in [2.05, 4.69) is 20.9 Å². The summed E-state index contributed by atoms with van der Waals surface area (Å²) in [5, 5.41) is 3.93. The van der Waals surface area contributed by atoms with Crippen LogP contribution in [0.15, 0.2) is 76.6 Å². The lowest BCUT2D eigenvalue weighted by Crippen LogP contribution is -2.06. The van der Waals surface area contributed by atoms with Crippen LogP contribution in [0.4, 0.5) is 0 Å². The molecule has 0 radical (unpaired) electrons. The summed E-state index contributed by atoms with van der Waals surface area (Å²) >= 11 is 17.0. The van der Waals surface area contributed by atoms with Gasteiger partial charge in [-0.25, -0.2) is 4.98 Å². The number of hydrogen-bond acceptors (Lipinski definition) is 4. The highest BCUT2D eigenvalue weighted by Gasteiger charge is 2.16. The minimum Gasteiger partial charge on any atom is -0.486 e. The van der Waals surface area contributed by atoms with Crippen molar-refractivity contribution in [3.8, 4) is 17.0 Å². The number of ketones is 1. The lowest BCUT2D eigenvalue weighted by Gasteiger charge is -2.11. The minimum atomic E-state index is -0.152. The molecular formula is C23H14BrCl2NO2S. The average Bonchev–Trinajstić information content (AvgIpc) is 3.22. The van der Waals surface area contributed by atoms with Crippen molar-refractivity contribution in [2.45, 2.75) is 6.61 Å². The van der Waals surface area contributed by atoms with E-state index in [-0.39, 0.29) is 12.4 Å². The van der Waals surface area contributed by atoms with Crippen molar-refractivity contribution in [3.63, 3.8) is 0 Å². The van der Waals surface area contributed by atoms with E-state index < -0.39 is 0 Å². The molecule has 150 valence electrons. The fourth-order valence-electron chi connectivity index (χ4n) is 2.83. The number of ether oxygens (including phenoxy) is 1. The van der Waals surface area contributed by atoms with E-state index in [9.17, 15) is 4.79 Å². The monoisotopic (exact) mass is 517 g/mol. The summed E-state index contributed by atoms with van der Waals surface area (Å²) in [5.41, 5.74) is 2.82. The molecule has 4 aromatic rings. The molecule has 0 amide bonds. The Labute approximate surface area is 196 Å². The molecule has 0 bridgehead atoms. The zero-order chi connectivity index (χ0) is 21.1. The topological polar surface area (TPSA) is 39.2 Å². The zero-order valence-corrected chi connectivity index (χ0v) is 19.4. The van der Waals surface area contributed by atoms with Gasteiger partial charge in [-0.3, -0.25) is 4.79 Å². The highest BCUT2D eigenvalue weighted by Crippen LogP contribution is 2.28. The molecule has 0 aliphatic rings. The Hall–Kier alpha value is -2.18. The number of halogens is 3. The molecular weight excluding hydrogens is 505 g/mol. The van der Waals surface area contributed by atoms with Crippen molar-refractivity contribution < 1.29 is 9.53 Å². The second-order valence-corrected chi connectivity index (χ2v) is 9.13. The maximum Gasteiger partial charge on any atom is 0.196 e. The molecule has 0 spiro atoms. The average molecular weight is 519 g/mol. The van der Waals surface area contributed by atoms with Gasteiger partial charge in [0.05, 0.1) is 11.3 Å². The fourth-order valence-corrected chi connectivity index (χ4v) is 4.11. The molecule has 0 saturated heterocycles. The number of thiazole rings is 1. The van der Waals surface area contributed by atoms with Crippen molar-refractivity contribution in [3.05, 3.63) is 103 Å². The minimum absolute atomic E-state index is 0.152. The summed E-state index contributed by atoms with van der Waals surface area (Å²) in [5.74, 6) is 0.316. The van der Waals surface area contributed by atoms with Gasteiger partial charge in [0.25, 0.3) is 0 Å². The van der Waals surface area contributed by atoms with Gasteiger partial charge >= 0.3 is 0 Å². The number of rotatable bonds is 6. The number of carbonyl (C=O) groups excluding carboxylic acids is 1. The Morgan fingerprint density at radius 3 is 2.40 bits per heavy atom. The number of nitrogens with zero attached hydrogens (tertiary/aromatic N) is 1. The number of aromatic nitrogens is 1. The third-order valence-electron chi connectivity index (χ3n) is 4.34. The second kappa shape index (κ2) is 9.31. The molecule has 0 aliphatic heterocycles. The van der Waals surface area contributed by atoms with Crippen molar-refractivity contribution in [1.29, 1.82) is 0 Å². The van der Waals surface area contributed by atoms with Crippen molar-refractivity contribution in [1.82, 2.24) is 4.98 Å². The first-order valence-electron chi connectivity index (χ1n) is 8.92. The van der Waals surface area contributed by atoms with Gasteiger partial charge in [-0.1, -0.05) is 51.3 Å². The number of benzene rings is 3. The molecule has 1 aromatic heterocycles. The van der Waals surface area contributed by atoms with Gasteiger partial charge in [0.2, 0.25) is 0 Å². The molecule has 7 heteroatoms. The Balaban J connectivity index is 1.53. The summed E-state index contributed by atoms with van der Waals surface area (Å²) in [7, 11) is 0. The van der Waals surface area contributed by atoms with Crippen LogP contribution < -0.4 is 4.74 Å². The smallest absolute Gasteiger partial charge is 0.196 e. The van der Waals surface area contributed by atoms with Gasteiger partial charge in [0.1, 0.15) is 17.4 Å². The molecule has 3 nitrogen and oxygen atoms in total. The Morgan fingerprint density at radius 1 is 0.967 bits per heavy atom. The zero-order valence-electron chi connectivity index (χ0n) is 15.4. The SMILES string of the molecule is O=C(c1ccc(Br)cc1)c1cc(Cl)ccc1OCc1nc(-c2ccc(Cl)cc2)cs1. The van der Waals surface area contributed by atoms with Crippen molar-refractivity contribution in [2.75, 3.05) is 0 Å². The molecule has 0 fully saturated rings. The van der Waals surface area contributed by atoms with E-state index in [1.807, 2.05) is 41.8 Å². The quantitative estimate of drug-likeness (QED) is 0.245. The predicted molar refractivity (Wildman–Crippen MR) is 126 cm³/mol. The van der Waals surface area contributed by atoms with Crippen LogP contribution in [0.3, 0.4) is 0 Å². The lowest BCUT2D eigenvalue weighted by atomic mass is 10.0. The van der Waals surface area contributed by atoms with Crippen LogP contribution in [0.2, 0.25) is 10.0 Å². The third-order valence-corrected chi connectivity index (χ3v) is 6.17. The van der Waals surface area contributed by atoms with E-state index >= 15 is 0 Å². The van der Waals surface area contributed by atoms with Crippen LogP contribution >= 0.6 is 50.5 Å². The van der Waals surface area contributed by atoms with E-state index in [1.165, 1.54) is 11.3 Å². The molecule has 4 rings (SSSR count). The van der Waals surface area contributed by atoms with Gasteiger partial charge < -0.3 is 4.74 Å². The molecule has 3 aromatic carbocycles. The lowest BCUT2D eigenvalue weighted by molar-refractivity contribution is 0.103. The normalized spacial score (nSPS) is 10.8. The first-order valence-corrected chi connectivity index (χ1v) is 11.4. The molecule has 0 saturated carbocycles. The van der Waals surface area contributed by atoms with Crippen LogP contribution in [0.5, 0.6) is 5.75 Å².